The maximum absolute atomic E-state index is 12.7. The van der Waals surface area contributed by atoms with Gasteiger partial charge in [0.2, 0.25) is 0 Å². The maximum atomic E-state index is 12.7. The van der Waals surface area contributed by atoms with E-state index in [0.29, 0.717) is 21.6 Å². The lowest BCUT2D eigenvalue weighted by molar-refractivity contribution is -0.137. The van der Waals surface area contributed by atoms with Gasteiger partial charge < -0.3 is 5.73 Å². The van der Waals surface area contributed by atoms with Crippen LogP contribution in [-0.2, 0) is 6.18 Å². The molecule has 0 aliphatic rings. The lowest BCUT2D eigenvalue weighted by Crippen LogP contribution is -2.05. The predicted molar refractivity (Wildman–Crippen MR) is 72.3 cm³/mol. The average Bonchev–Trinajstić information content (AvgIpc) is 2.34. The quantitative estimate of drug-likeness (QED) is 0.838. The number of hydrogen-bond acceptors (Lipinski definition) is 3. The van der Waals surface area contributed by atoms with Crippen LogP contribution in [0.4, 0.5) is 18.9 Å². The molecule has 2 N–H and O–H groups in total. The highest BCUT2D eigenvalue weighted by Gasteiger charge is 2.30. The van der Waals surface area contributed by atoms with Gasteiger partial charge in [0.15, 0.2) is 0 Å². The first kappa shape index (κ1) is 14.0. The number of rotatable bonds is 2. The molecule has 6 heteroatoms. The van der Waals surface area contributed by atoms with Gasteiger partial charge in [-0.2, -0.15) is 13.2 Å². The van der Waals surface area contributed by atoms with Crippen molar-refractivity contribution in [1.29, 1.82) is 0 Å². The number of nitrogens with two attached hydrogens (primary N) is 1. The molecule has 2 aromatic rings. The molecule has 1 aromatic heterocycles. The molecular formula is C13H13F3N2S. The first-order valence-electron chi connectivity index (χ1n) is 5.74. The number of alkyl halides is 3. The first-order valence-corrected chi connectivity index (χ1v) is 6.73. The zero-order valence-electron chi connectivity index (χ0n) is 10.5. The van der Waals surface area contributed by atoms with Gasteiger partial charge in [0.25, 0.3) is 0 Å². The van der Waals surface area contributed by atoms with Crippen LogP contribution in [0.1, 0.15) is 18.1 Å². The molecular weight excluding hydrogens is 273 g/mol. The Morgan fingerprint density at radius 3 is 2.58 bits per heavy atom. The number of halogens is 3. The topological polar surface area (TPSA) is 38.9 Å². The van der Waals surface area contributed by atoms with Gasteiger partial charge in [0.1, 0.15) is 5.03 Å². The zero-order valence-corrected chi connectivity index (χ0v) is 11.3. The molecule has 0 aliphatic carbocycles. The number of aryl methyl sites for hydroxylation is 1. The monoisotopic (exact) mass is 286 g/mol. The molecule has 0 unspecified atom stereocenters. The van der Waals surface area contributed by atoms with Gasteiger partial charge >= 0.3 is 6.18 Å². The lowest BCUT2D eigenvalue weighted by atomic mass is 10.1. The number of anilines is 1. The Balaban J connectivity index is 2.68. The second-order valence-corrected chi connectivity index (χ2v) is 5.37. The van der Waals surface area contributed by atoms with Gasteiger partial charge in [-0.3, -0.25) is 0 Å². The minimum atomic E-state index is -4.36. The third-order valence-corrected chi connectivity index (χ3v) is 3.74. The molecule has 1 aromatic carbocycles. The van der Waals surface area contributed by atoms with Crippen molar-refractivity contribution in [3.8, 4) is 0 Å². The molecule has 0 atom stereocenters. The lowest BCUT2D eigenvalue weighted by Gasteiger charge is -2.12. The highest BCUT2D eigenvalue weighted by Crippen LogP contribution is 2.35. The Hall–Kier alpha value is -1.43. The Morgan fingerprint density at radius 2 is 2.00 bits per heavy atom. The van der Waals surface area contributed by atoms with E-state index < -0.39 is 11.7 Å². The number of nitrogens with zero attached hydrogens (tertiary/aromatic N) is 1. The van der Waals surface area contributed by atoms with Gasteiger partial charge in [0.05, 0.1) is 16.8 Å². The molecule has 0 fully saturated rings. The smallest absolute Gasteiger partial charge is 0.396 e. The average molecular weight is 286 g/mol. The van der Waals surface area contributed by atoms with Crippen LogP contribution in [0.25, 0.3) is 10.9 Å². The molecule has 0 radical (unpaired) electrons. The fraction of sp³-hybridized carbons (Fsp3) is 0.308. The summed E-state index contributed by atoms with van der Waals surface area (Å²) in [5.74, 6) is 0.765. The summed E-state index contributed by atoms with van der Waals surface area (Å²) in [6.45, 7) is 3.74. The number of thioether (sulfide) groups is 1. The maximum Gasteiger partial charge on any atom is 0.416 e. The van der Waals surface area contributed by atoms with E-state index >= 15 is 0 Å². The number of hydrogen-bond donors (Lipinski definition) is 1. The van der Waals surface area contributed by atoms with Crippen LogP contribution in [-0.4, -0.2) is 10.7 Å². The molecule has 19 heavy (non-hydrogen) atoms. The molecule has 0 aliphatic heterocycles. The summed E-state index contributed by atoms with van der Waals surface area (Å²) in [7, 11) is 0. The summed E-state index contributed by atoms with van der Waals surface area (Å²) in [6, 6.07) is 3.56. The molecule has 0 spiro atoms. The van der Waals surface area contributed by atoms with Crippen molar-refractivity contribution in [3.63, 3.8) is 0 Å². The number of fused-ring (bicyclic) bond motifs is 1. The molecule has 0 saturated carbocycles. The number of aromatic nitrogens is 1. The van der Waals surface area contributed by atoms with Crippen molar-refractivity contribution in [2.24, 2.45) is 0 Å². The van der Waals surface area contributed by atoms with E-state index in [1.54, 1.807) is 6.92 Å². The Kier molecular flexibility index (Phi) is 3.62. The van der Waals surface area contributed by atoms with Crippen LogP contribution in [0, 0.1) is 6.92 Å². The molecule has 0 amide bonds. The van der Waals surface area contributed by atoms with Gasteiger partial charge in [-0.15, -0.1) is 11.8 Å². The van der Waals surface area contributed by atoms with Crippen molar-refractivity contribution in [2.75, 3.05) is 11.5 Å². The standard InChI is InChI=1S/C13H13F3N2S/c1-3-19-12-11(17)7(2)9-5-4-8(13(14,15)16)6-10(9)18-12/h4-6H,3,17H2,1-2H3. The summed E-state index contributed by atoms with van der Waals surface area (Å²) in [6.07, 6.45) is -4.36. The highest BCUT2D eigenvalue weighted by molar-refractivity contribution is 7.99. The van der Waals surface area contributed by atoms with Gasteiger partial charge in [-0.25, -0.2) is 4.98 Å². The van der Waals surface area contributed by atoms with E-state index in [0.717, 1.165) is 23.4 Å². The van der Waals surface area contributed by atoms with E-state index in [1.807, 2.05) is 6.92 Å². The predicted octanol–water partition coefficient (Wildman–Crippen LogP) is 4.26. The Bertz CT molecular complexity index is 623. The third-order valence-electron chi connectivity index (χ3n) is 2.87. The van der Waals surface area contributed by atoms with Crippen molar-refractivity contribution < 1.29 is 13.2 Å². The Morgan fingerprint density at radius 1 is 1.32 bits per heavy atom. The largest absolute Gasteiger partial charge is 0.416 e. The highest BCUT2D eigenvalue weighted by atomic mass is 32.2. The van der Waals surface area contributed by atoms with E-state index in [9.17, 15) is 13.2 Å². The van der Waals surface area contributed by atoms with Crippen molar-refractivity contribution >= 4 is 28.4 Å². The molecule has 1 heterocycles. The fourth-order valence-corrected chi connectivity index (χ4v) is 2.58. The Labute approximate surface area is 113 Å². The zero-order chi connectivity index (χ0) is 14.2. The van der Waals surface area contributed by atoms with E-state index in [2.05, 4.69) is 4.98 Å². The third kappa shape index (κ3) is 2.63. The van der Waals surface area contributed by atoms with Crippen LogP contribution in [0.3, 0.4) is 0 Å². The summed E-state index contributed by atoms with van der Waals surface area (Å²) < 4.78 is 38.1. The van der Waals surface area contributed by atoms with Gasteiger partial charge in [-0.1, -0.05) is 13.0 Å². The molecule has 0 bridgehead atoms. The van der Waals surface area contributed by atoms with Crippen molar-refractivity contribution in [1.82, 2.24) is 4.98 Å². The van der Waals surface area contributed by atoms with E-state index in [4.69, 9.17) is 5.73 Å². The minimum absolute atomic E-state index is 0.331. The second-order valence-electron chi connectivity index (χ2n) is 4.12. The molecule has 2 rings (SSSR count). The van der Waals surface area contributed by atoms with Crippen LogP contribution in [0.5, 0.6) is 0 Å². The van der Waals surface area contributed by atoms with E-state index in [-0.39, 0.29) is 0 Å². The second kappa shape index (κ2) is 4.92. The number of pyridine rings is 1. The van der Waals surface area contributed by atoms with Gasteiger partial charge in [0, 0.05) is 5.39 Å². The summed E-state index contributed by atoms with van der Waals surface area (Å²) in [4.78, 5) is 4.24. The van der Waals surface area contributed by atoms with E-state index in [1.165, 1.54) is 17.8 Å². The molecule has 102 valence electrons. The van der Waals surface area contributed by atoms with Crippen LogP contribution in [0.15, 0.2) is 23.2 Å². The van der Waals surface area contributed by atoms with Crippen LogP contribution >= 0.6 is 11.8 Å². The van der Waals surface area contributed by atoms with Crippen LogP contribution in [0.2, 0.25) is 0 Å². The summed E-state index contributed by atoms with van der Waals surface area (Å²) in [5, 5.41) is 1.25. The van der Waals surface area contributed by atoms with Crippen molar-refractivity contribution in [2.45, 2.75) is 25.0 Å². The summed E-state index contributed by atoms with van der Waals surface area (Å²) >= 11 is 1.43. The van der Waals surface area contributed by atoms with Crippen LogP contribution < -0.4 is 5.73 Å². The van der Waals surface area contributed by atoms with Crippen molar-refractivity contribution in [3.05, 3.63) is 29.3 Å². The number of nitrogen functional groups attached to an aromatic ring is 1. The first-order chi connectivity index (χ1) is 8.84. The van der Waals surface area contributed by atoms with Gasteiger partial charge in [-0.05, 0) is 30.4 Å². The normalized spacial score (nSPS) is 12.1. The fourth-order valence-electron chi connectivity index (χ4n) is 1.84. The molecule has 2 nitrogen and oxygen atoms in total. The number of benzene rings is 1. The minimum Gasteiger partial charge on any atom is -0.396 e. The summed E-state index contributed by atoms with van der Waals surface area (Å²) in [5.41, 5.74) is 6.91. The SMILES string of the molecule is CCSc1nc2cc(C(F)(F)F)ccc2c(C)c1N. The molecule has 0 saturated heterocycles.